The van der Waals surface area contributed by atoms with Crippen molar-refractivity contribution in [1.82, 2.24) is 5.32 Å². The standard InChI is InChI=1S/C26H23F31N2O3/c1-59(2,7-4-11(61)62)6-3-5-58-9-10(60)8-12(27,28)13(29,30)14(31,32)15(33,34)16(35,36)17(37,38)18(39,40)19(41,42)20(43,44)21(45,46)22(47,48)23(49,50)24(51,52)25(53,54)26(55,56)57/h10,58,60H,3-9H2,1-2H3/p+1. The second kappa shape index (κ2) is 16.6. The second-order valence-electron chi connectivity index (χ2n) is 13.6. The Balaban J connectivity index is 6.97. The zero-order chi connectivity index (χ0) is 50.8. The van der Waals surface area contributed by atoms with E-state index in [0.717, 1.165) is 0 Å². The van der Waals surface area contributed by atoms with Crippen LogP contribution in [0.1, 0.15) is 19.3 Å². The SMILES string of the molecule is C[N+](C)(CCCNCC(O)CC(F)(F)C(F)(F)C(F)(F)C(F)(F)C(F)(F)C(F)(F)C(F)(F)C(F)(F)C(F)(F)C(F)(F)C(F)(F)C(F)(F)C(F)(F)C(F)(F)C(F)(F)F)CCC(=O)O. The third kappa shape index (κ3) is 8.80. The van der Waals surface area contributed by atoms with Crippen molar-refractivity contribution in [2.24, 2.45) is 0 Å². The molecule has 0 spiro atoms. The molecule has 36 heteroatoms. The Morgan fingerprint density at radius 3 is 0.968 bits per heavy atom. The fourth-order valence-electron chi connectivity index (χ4n) is 4.48. The summed E-state index contributed by atoms with van der Waals surface area (Å²) in [6.45, 7) is -2.06. The van der Waals surface area contributed by atoms with Gasteiger partial charge in [0.1, 0.15) is 0 Å². The maximum Gasteiger partial charge on any atom is 0.460 e. The number of hydrogen-bond donors (Lipinski definition) is 3. The van der Waals surface area contributed by atoms with Gasteiger partial charge in [-0.15, -0.1) is 0 Å². The van der Waals surface area contributed by atoms with Crippen molar-refractivity contribution in [3.63, 3.8) is 0 Å². The topological polar surface area (TPSA) is 69.6 Å². The van der Waals surface area contributed by atoms with Crippen LogP contribution >= 0.6 is 0 Å². The van der Waals surface area contributed by atoms with Crippen molar-refractivity contribution < 1.29 is 156 Å². The summed E-state index contributed by atoms with van der Waals surface area (Å²) in [5, 5.41) is 20.1. The van der Waals surface area contributed by atoms with Crippen molar-refractivity contribution in [2.75, 3.05) is 40.3 Å². The molecule has 0 aliphatic carbocycles. The van der Waals surface area contributed by atoms with E-state index in [1.165, 1.54) is 14.1 Å². The van der Waals surface area contributed by atoms with Gasteiger partial charge in [0.25, 0.3) is 0 Å². The predicted octanol–water partition coefficient (Wildman–Crippen LogP) is 9.72. The zero-order valence-electron chi connectivity index (χ0n) is 29.5. The van der Waals surface area contributed by atoms with E-state index >= 15 is 0 Å². The first-order chi connectivity index (χ1) is 26.5. The number of quaternary nitrogens is 1. The number of nitrogens with one attached hydrogen (secondary N) is 1. The lowest BCUT2D eigenvalue weighted by atomic mass is 9.83. The minimum atomic E-state index is -10.1. The van der Waals surface area contributed by atoms with Crippen LogP contribution in [0.5, 0.6) is 0 Å². The normalized spacial score (nSPS) is 16.8. The fourth-order valence-corrected chi connectivity index (χ4v) is 4.48. The summed E-state index contributed by atoms with van der Waals surface area (Å²) in [6.07, 6.45) is -15.5. The third-order valence-corrected chi connectivity index (χ3v) is 8.47. The van der Waals surface area contributed by atoms with Gasteiger partial charge in [-0.05, 0) is 0 Å². The highest BCUT2D eigenvalue weighted by Crippen LogP contribution is 2.69. The van der Waals surface area contributed by atoms with Crippen LogP contribution in [0.4, 0.5) is 136 Å². The lowest BCUT2D eigenvalue weighted by Crippen LogP contribution is -2.79. The highest BCUT2D eigenvalue weighted by Gasteiger charge is 3.01. The molecule has 0 aromatic carbocycles. The van der Waals surface area contributed by atoms with Gasteiger partial charge in [0.05, 0.1) is 39.7 Å². The Labute approximate surface area is 322 Å². The van der Waals surface area contributed by atoms with Gasteiger partial charge in [-0.2, -0.15) is 136 Å². The van der Waals surface area contributed by atoms with Crippen molar-refractivity contribution >= 4 is 5.97 Å². The highest BCUT2D eigenvalue weighted by molar-refractivity contribution is 5.66. The van der Waals surface area contributed by atoms with Gasteiger partial charge in [-0.25, -0.2) is 0 Å². The van der Waals surface area contributed by atoms with Crippen LogP contribution in [0.15, 0.2) is 0 Å². The van der Waals surface area contributed by atoms with Crippen molar-refractivity contribution in [3.8, 4) is 0 Å². The Morgan fingerprint density at radius 1 is 0.452 bits per heavy atom. The number of aliphatic hydroxyl groups excluding tert-OH is 1. The largest absolute Gasteiger partial charge is 0.481 e. The van der Waals surface area contributed by atoms with Crippen LogP contribution < -0.4 is 5.32 Å². The number of carboxylic acids is 1. The number of alkyl halides is 31. The van der Waals surface area contributed by atoms with Crippen LogP contribution in [0.3, 0.4) is 0 Å². The Hall–Kier alpha value is -2.82. The van der Waals surface area contributed by atoms with E-state index in [4.69, 9.17) is 5.11 Å². The average molecular weight is 1000 g/mol. The predicted molar refractivity (Wildman–Crippen MR) is 138 cm³/mol. The minimum Gasteiger partial charge on any atom is -0.481 e. The molecule has 0 radical (unpaired) electrons. The maximum atomic E-state index is 14.2. The summed E-state index contributed by atoms with van der Waals surface area (Å²) in [6, 6.07) is 0. The molecule has 1 atom stereocenters. The Bertz CT molecular complexity index is 1550. The molecule has 0 rings (SSSR count). The molecule has 0 amide bonds. The molecule has 62 heavy (non-hydrogen) atoms. The van der Waals surface area contributed by atoms with E-state index in [0.29, 0.717) is 0 Å². The summed E-state index contributed by atoms with van der Waals surface area (Å²) < 4.78 is 425. The van der Waals surface area contributed by atoms with Gasteiger partial charge in [0.15, 0.2) is 0 Å². The van der Waals surface area contributed by atoms with Gasteiger partial charge in [0.2, 0.25) is 0 Å². The van der Waals surface area contributed by atoms with E-state index in [2.05, 4.69) is 0 Å². The van der Waals surface area contributed by atoms with Gasteiger partial charge in [0, 0.05) is 25.9 Å². The van der Waals surface area contributed by atoms with Crippen LogP contribution in [-0.4, -0.2) is 156 Å². The second-order valence-corrected chi connectivity index (χ2v) is 13.6. The maximum absolute atomic E-state index is 14.2. The smallest absolute Gasteiger partial charge is 0.460 e. The van der Waals surface area contributed by atoms with Gasteiger partial charge >= 0.3 is 95.1 Å². The lowest BCUT2D eigenvalue weighted by molar-refractivity contribution is -0.889. The number of rotatable bonds is 24. The first-order valence-corrected chi connectivity index (χ1v) is 15.3. The third-order valence-electron chi connectivity index (χ3n) is 8.47. The van der Waals surface area contributed by atoms with Crippen LogP contribution in [-0.2, 0) is 4.79 Å². The fraction of sp³-hybridized carbons (Fsp3) is 0.962. The molecule has 0 aromatic rings. The van der Waals surface area contributed by atoms with Crippen LogP contribution in [0.25, 0.3) is 0 Å². The average Bonchev–Trinajstić information content (AvgIpc) is 3.05. The van der Waals surface area contributed by atoms with Gasteiger partial charge < -0.3 is 20.0 Å². The van der Waals surface area contributed by atoms with Gasteiger partial charge in [-0.3, -0.25) is 4.79 Å². The summed E-state index contributed by atoms with van der Waals surface area (Å²) in [5.41, 5.74) is 0. The molecule has 0 saturated heterocycles. The monoisotopic (exact) mass is 1000 g/mol. The zero-order valence-corrected chi connectivity index (χ0v) is 29.5. The van der Waals surface area contributed by atoms with Crippen LogP contribution in [0, 0.1) is 0 Å². The molecule has 1 unspecified atom stereocenters. The van der Waals surface area contributed by atoms with Crippen molar-refractivity contribution in [2.45, 2.75) is 114 Å². The van der Waals surface area contributed by atoms with Gasteiger partial charge in [-0.1, -0.05) is 0 Å². The first-order valence-electron chi connectivity index (χ1n) is 15.3. The molecule has 0 saturated carbocycles. The first kappa shape index (κ1) is 59.2. The number of hydrogen-bond acceptors (Lipinski definition) is 3. The quantitative estimate of drug-likeness (QED) is 0.0512. The molecule has 5 nitrogen and oxygen atoms in total. The number of carbonyl (C=O) groups is 1. The highest BCUT2D eigenvalue weighted by atomic mass is 19.4. The number of halogens is 31. The Morgan fingerprint density at radius 2 is 0.710 bits per heavy atom. The molecule has 0 aromatic heterocycles. The molecular formula is C26H24F31N2O3+. The lowest BCUT2D eigenvalue weighted by Gasteiger charge is -2.46. The van der Waals surface area contributed by atoms with E-state index in [1.807, 2.05) is 5.32 Å². The molecule has 372 valence electrons. The summed E-state index contributed by atoms with van der Waals surface area (Å²) in [7, 11) is 2.83. The number of aliphatic carboxylic acids is 1. The molecule has 0 fully saturated rings. The molecule has 3 N–H and O–H groups in total. The number of carboxylic acid groups (broad SMARTS) is 1. The van der Waals surface area contributed by atoms with Crippen LogP contribution in [0.2, 0.25) is 0 Å². The van der Waals surface area contributed by atoms with E-state index < -0.39 is 127 Å². The Kier molecular flexibility index (Phi) is 15.8. The molecular weight excluding hydrogens is 977 g/mol. The molecule has 0 aliphatic rings. The van der Waals surface area contributed by atoms with E-state index in [1.54, 1.807) is 0 Å². The molecule has 0 aliphatic heterocycles. The summed E-state index contributed by atoms with van der Waals surface area (Å²) in [5.74, 6) is -134. The molecule has 0 heterocycles. The summed E-state index contributed by atoms with van der Waals surface area (Å²) in [4.78, 5) is 10.6. The summed E-state index contributed by atoms with van der Waals surface area (Å²) >= 11 is 0. The van der Waals surface area contributed by atoms with Crippen molar-refractivity contribution in [1.29, 1.82) is 0 Å². The van der Waals surface area contributed by atoms with Crippen molar-refractivity contribution in [3.05, 3.63) is 0 Å². The number of nitrogens with zero attached hydrogens (tertiary/aromatic N) is 1. The number of aliphatic hydroxyl groups is 1. The van der Waals surface area contributed by atoms with E-state index in [-0.39, 0.29) is 24.0 Å². The molecule has 0 bridgehead atoms. The minimum absolute atomic E-state index is 0.00992. The van der Waals surface area contributed by atoms with E-state index in [9.17, 15) is 146 Å².